The predicted molar refractivity (Wildman–Crippen MR) is 126 cm³/mol. The van der Waals surface area contributed by atoms with E-state index >= 15 is 0 Å². The van der Waals surface area contributed by atoms with Crippen LogP contribution in [0.15, 0.2) is 46.1 Å². The molecule has 184 valence electrons. The van der Waals surface area contributed by atoms with Crippen molar-refractivity contribution in [3.8, 4) is 11.5 Å². The number of nitrogens with zero attached hydrogens (tertiary/aromatic N) is 3. The first-order valence-corrected chi connectivity index (χ1v) is 10.4. The third-order valence-corrected chi connectivity index (χ3v) is 4.49. The zero-order valence-corrected chi connectivity index (χ0v) is 20.5. The van der Waals surface area contributed by atoms with E-state index in [4.69, 9.17) is 33.5 Å². The number of carbonyl (C=O) groups excluding carboxylic acids is 3. The second kappa shape index (κ2) is 12.5. The maximum Gasteiger partial charge on any atom is 0.366 e. The van der Waals surface area contributed by atoms with Gasteiger partial charge in [0.2, 0.25) is 0 Å². The molecule has 0 bridgehead atoms. The molecule has 0 amide bonds. The number of oxime groups is 1. The number of aromatic nitrogens is 2. The van der Waals surface area contributed by atoms with Gasteiger partial charge in [-0.3, -0.25) is 0 Å². The lowest BCUT2D eigenvalue weighted by atomic mass is 10.1. The summed E-state index contributed by atoms with van der Waals surface area (Å²) < 4.78 is 14.2. The lowest BCUT2D eigenvalue weighted by Gasteiger charge is -2.05. The van der Waals surface area contributed by atoms with Crippen molar-refractivity contribution in [3.63, 3.8) is 0 Å². The fraction of sp³-hybridized carbons (Fsp3) is 0.182. The average molecular weight is 523 g/mol. The van der Waals surface area contributed by atoms with Crippen molar-refractivity contribution in [2.45, 2.75) is 13.8 Å². The number of nitrogens with two attached hydrogens (primary N) is 1. The van der Waals surface area contributed by atoms with Gasteiger partial charge in [0.1, 0.15) is 5.84 Å². The van der Waals surface area contributed by atoms with Crippen LogP contribution in [0.5, 0.6) is 0 Å². The molecule has 0 atom stereocenters. The zero-order chi connectivity index (χ0) is 26.1. The first kappa shape index (κ1) is 27.3. The zero-order valence-electron chi connectivity index (χ0n) is 19.0. The van der Waals surface area contributed by atoms with Crippen LogP contribution in [0.3, 0.4) is 0 Å². The Bertz CT molecular complexity index is 1270. The summed E-state index contributed by atoms with van der Waals surface area (Å²) in [5.41, 5.74) is 6.02. The molecule has 0 aliphatic heterocycles. The van der Waals surface area contributed by atoms with Gasteiger partial charge in [-0.15, -0.1) is 0 Å². The van der Waals surface area contributed by atoms with E-state index in [1.165, 1.54) is 45.4 Å². The second-order valence-electron chi connectivity index (χ2n) is 6.62. The van der Waals surface area contributed by atoms with E-state index < -0.39 is 17.9 Å². The number of rotatable bonds is 5. The van der Waals surface area contributed by atoms with Crippen molar-refractivity contribution in [3.05, 3.63) is 69.0 Å². The Morgan fingerprint density at radius 2 is 1.49 bits per heavy atom. The van der Waals surface area contributed by atoms with Crippen LogP contribution in [0.25, 0.3) is 11.5 Å². The molecule has 13 heteroatoms. The van der Waals surface area contributed by atoms with Crippen molar-refractivity contribution in [2.75, 3.05) is 14.2 Å². The Balaban J connectivity index is 0.000000247. The highest BCUT2D eigenvalue weighted by Gasteiger charge is 2.20. The van der Waals surface area contributed by atoms with Gasteiger partial charge in [-0.2, -0.15) is 4.98 Å². The molecule has 0 aliphatic rings. The SMILES string of the molecule is COC(=O)c1cc(Cl)ccc1-c1nc(C)no1.COC(=O)c1cc(Cl)ccc1C(=O)O/N=C(/C)N. The Hall–Kier alpha value is -3.96. The Kier molecular flexibility index (Phi) is 9.74. The quantitative estimate of drug-likeness (QED) is 0.170. The van der Waals surface area contributed by atoms with E-state index in [9.17, 15) is 14.4 Å². The van der Waals surface area contributed by atoms with Crippen LogP contribution in [0.4, 0.5) is 0 Å². The topological polar surface area (TPSA) is 156 Å². The highest BCUT2D eigenvalue weighted by molar-refractivity contribution is 6.31. The maximum absolute atomic E-state index is 11.7. The van der Waals surface area contributed by atoms with Crippen molar-refractivity contribution < 1.29 is 33.2 Å². The third-order valence-electron chi connectivity index (χ3n) is 4.02. The molecule has 2 N–H and O–H groups in total. The minimum absolute atomic E-state index is 0.000116. The number of hydrogen-bond donors (Lipinski definition) is 1. The van der Waals surface area contributed by atoms with Gasteiger partial charge in [0.15, 0.2) is 5.82 Å². The Morgan fingerprint density at radius 3 is 2.03 bits per heavy atom. The highest BCUT2D eigenvalue weighted by atomic mass is 35.5. The fourth-order valence-electron chi connectivity index (χ4n) is 2.52. The van der Waals surface area contributed by atoms with E-state index in [1.54, 1.807) is 19.1 Å². The molecule has 0 saturated carbocycles. The number of ether oxygens (including phenoxy) is 2. The van der Waals surface area contributed by atoms with E-state index in [0.717, 1.165) is 0 Å². The molecule has 3 aromatic rings. The van der Waals surface area contributed by atoms with E-state index in [2.05, 4.69) is 29.6 Å². The van der Waals surface area contributed by atoms with Crippen LogP contribution in [-0.2, 0) is 14.3 Å². The van der Waals surface area contributed by atoms with Crippen molar-refractivity contribution >= 4 is 46.9 Å². The number of esters is 2. The van der Waals surface area contributed by atoms with Crippen LogP contribution in [0.2, 0.25) is 10.0 Å². The minimum atomic E-state index is -0.822. The largest absolute Gasteiger partial charge is 0.465 e. The molecule has 0 aliphatic carbocycles. The smallest absolute Gasteiger partial charge is 0.366 e. The Labute approximate surface area is 209 Å². The molecule has 2 aromatic carbocycles. The summed E-state index contributed by atoms with van der Waals surface area (Å²) in [4.78, 5) is 43.3. The summed E-state index contributed by atoms with van der Waals surface area (Å²) in [6, 6.07) is 8.89. The minimum Gasteiger partial charge on any atom is -0.465 e. The first-order chi connectivity index (χ1) is 16.6. The van der Waals surface area contributed by atoms with Gasteiger partial charge in [-0.25, -0.2) is 14.4 Å². The van der Waals surface area contributed by atoms with E-state index in [-0.39, 0.29) is 22.9 Å². The summed E-state index contributed by atoms with van der Waals surface area (Å²) in [6.07, 6.45) is 0. The molecule has 35 heavy (non-hydrogen) atoms. The van der Waals surface area contributed by atoms with Gasteiger partial charge in [0, 0.05) is 10.0 Å². The lowest BCUT2D eigenvalue weighted by Crippen LogP contribution is -2.13. The molecule has 1 aromatic heterocycles. The molecular weight excluding hydrogens is 503 g/mol. The molecule has 0 saturated heterocycles. The molecule has 0 unspecified atom stereocenters. The molecule has 0 radical (unpaired) electrons. The van der Waals surface area contributed by atoms with Crippen LogP contribution >= 0.6 is 23.2 Å². The number of amidine groups is 1. The number of hydrogen-bond acceptors (Lipinski definition) is 10. The fourth-order valence-corrected chi connectivity index (χ4v) is 2.87. The van der Waals surface area contributed by atoms with Crippen LogP contribution in [0.1, 0.15) is 43.8 Å². The second-order valence-corrected chi connectivity index (χ2v) is 7.49. The average Bonchev–Trinajstić information content (AvgIpc) is 3.27. The summed E-state index contributed by atoms with van der Waals surface area (Å²) in [5.74, 6) is -1.18. The summed E-state index contributed by atoms with van der Waals surface area (Å²) in [5, 5.41) is 7.71. The van der Waals surface area contributed by atoms with Crippen LogP contribution < -0.4 is 5.73 Å². The van der Waals surface area contributed by atoms with Gasteiger partial charge >= 0.3 is 17.9 Å². The molecule has 0 spiro atoms. The van der Waals surface area contributed by atoms with Gasteiger partial charge < -0.3 is 24.6 Å². The molecular formula is C22H20Cl2N4O7. The number of benzene rings is 2. The van der Waals surface area contributed by atoms with Crippen molar-refractivity contribution in [2.24, 2.45) is 10.9 Å². The third kappa shape index (κ3) is 7.52. The maximum atomic E-state index is 11.7. The van der Waals surface area contributed by atoms with Gasteiger partial charge in [0.25, 0.3) is 5.89 Å². The lowest BCUT2D eigenvalue weighted by molar-refractivity contribution is 0.0495. The monoisotopic (exact) mass is 522 g/mol. The number of carbonyl (C=O) groups is 3. The number of methoxy groups -OCH3 is 2. The van der Waals surface area contributed by atoms with Crippen LogP contribution in [0, 0.1) is 6.92 Å². The normalized spacial score (nSPS) is 10.6. The predicted octanol–water partition coefficient (Wildman–Crippen LogP) is 4.06. The standard InChI is InChI=1S/C11H11ClN2O4.C11H9ClN2O3/c1-6(13)14-18-11(16)8-4-3-7(12)5-9(8)10(15)17-2;1-6-13-10(17-14-6)8-4-3-7(12)5-9(8)11(15)16-2/h3-5H,1-2H3,(H2,13,14);3-5H,1-2H3. The number of aryl methyl sites for hydroxylation is 1. The Morgan fingerprint density at radius 1 is 0.914 bits per heavy atom. The van der Waals surface area contributed by atoms with Gasteiger partial charge in [-0.05, 0) is 50.2 Å². The summed E-state index contributed by atoms with van der Waals surface area (Å²) in [6.45, 7) is 3.15. The summed E-state index contributed by atoms with van der Waals surface area (Å²) in [7, 11) is 2.49. The molecule has 11 nitrogen and oxygen atoms in total. The molecule has 0 fully saturated rings. The molecule has 1 heterocycles. The van der Waals surface area contributed by atoms with Crippen molar-refractivity contribution in [1.82, 2.24) is 10.1 Å². The van der Waals surface area contributed by atoms with Crippen LogP contribution in [-0.4, -0.2) is 48.1 Å². The van der Waals surface area contributed by atoms with E-state index in [0.29, 0.717) is 27.0 Å². The van der Waals surface area contributed by atoms with Gasteiger partial charge in [-0.1, -0.05) is 33.5 Å². The molecule has 3 rings (SSSR count). The van der Waals surface area contributed by atoms with Gasteiger partial charge in [0.05, 0.1) is 36.5 Å². The van der Waals surface area contributed by atoms with E-state index in [1.807, 2.05) is 0 Å². The number of halogens is 2. The highest BCUT2D eigenvalue weighted by Crippen LogP contribution is 2.26. The first-order valence-electron chi connectivity index (χ1n) is 9.65. The summed E-state index contributed by atoms with van der Waals surface area (Å²) >= 11 is 11.6. The van der Waals surface area contributed by atoms with Crippen molar-refractivity contribution in [1.29, 1.82) is 0 Å².